The number of hydrogen-bond donors (Lipinski definition) is 1. The van der Waals surface area contributed by atoms with E-state index in [4.69, 9.17) is 18.0 Å². The molecular weight excluding hydrogens is 244 g/mol. The SMILES string of the molecule is CC1CCC(=O)N(CCCC(C)(C)C(N)=S)CC1. The summed E-state index contributed by atoms with van der Waals surface area (Å²) in [7, 11) is 0. The molecule has 0 aromatic carbocycles. The van der Waals surface area contributed by atoms with Crippen molar-refractivity contribution in [1.82, 2.24) is 4.90 Å². The fourth-order valence-electron chi connectivity index (χ4n) is 2.24. The summed E-state index contributed by atoms with van der Waals surface area (Å²) < 4.78 is 0. The molecule has 4 heteroatoms. The third-order valence-corrected chi connectivity index (χ3v) is 4.54. The highest BCUT2D eigenvalue weighted by molar-refractivity contribution is 7.80. The van der Waals surface area contributed by atoms with Crippen LogP contribution in [0.5, 0.6) is 0 Å². The third kappa shape index (κ3) is 4.56. The lowest BCUT2D eigenvalue weighted by Crippen LogP contribution is -2.34. The Bertz CT molecular complexity index is 315. The molecular formula is C14H26N2OS. The minimum Gasteiger partial charge on any atom is -0.393 e. The zero-order chi connectivity index (χ0) is 13.8. The molecule has 0 spiro atoms. The van der Waals surface area contributed by atoms with Crippen molar-refractivity contribution in [2.45, 2.75) is 52.9 Å². The van der Waals surface area contributed by atoms with Gasteiger partial charge in [-0.05, 0) is 31.6 Å². The molecule has 0 aromatic rings. The summed E-state index contributed by atoms with van der Waals surface area (Å²) in [5, 5.41) is 0. The minimum absolute atomic E-state index is 0.0997. The van der Waals surface area contributed by atoms with Gasteiger partial charge in [-0.3, -0.25) is 4.79 Å². The predicted molar refractivity (Wildman–Crippen MR) is 79.4 cm³/mol. The first kappa shape index (κ1) is 15.4. The van der Waals surface area contributed by atoms with E-state index in [1.807, 2.05) is 4.90 Å². The quantitative estimate of drug-likeness (QED) is 0.781. The van der Waals surface area contributed by atoms with Gasteiger partial charge in [-0.1, -0.05) is 33.0 Å². The highest BCUT2D eigenvalue weighted by Crippen LogP contribution is 2.24. The Kier molecular flexibility index (Phi) is 5.57. The van der Waals surface area contributed by atoms with Gasteiger partial charge in [-0.2, -0.15) is 0 Å². The van der Waals surface area contributed by atoms with E-state index in [0.717, 1.165) is 38.8 Å². The number of likely N-dealkylation sites (tertiary alicyclic amines) is 1. The van der Waals surface area contributed by atoms with Crippen molar-refractivity contribution in [3.63, 3.8) is 0 Å². The van der Waals surface area contributed by atoms with E-state index in [1.165, 1.54) is 0 Å². The monoisotopic (exact) mass is 270 g/mol. The van der Waals surface area contributed by atoms with Gasteiger partial charge >= 0.3 is 0 Å². The lowest BCUT2D eigenvalue weighted by molar-refractivity contribution is -0.130. The van der Waals surface area contributed by atoms with E-state index in [1.54, 1.807) is 0 Å². The van der Waals surface area contributed by atoms with Gasteiger partial charge in [0.2, 0.25) is 5.91 Å². The van der Waals surface area contributed by atoms with Crippen molar-refractivity contribution in [3.05, 3.63) is 0 Å². The smallest absolute Gasteiger partial charge is 0.222 e. The predicted octanol–water partition coefficient (Wildman–Crippen LogP) is 2.73. The fourth-order valence-corrected chi connectivity index (χ4v) is 2.35. The third-order valence-electron chi connectivity index (χ3n) is 3.99. The molecule has 3 nitrogen and oxygen atoms in total. The summed E-state index contributed by atoms with van der Waals surface area (Å²) in [4.78, 5) is 14.5. The highest BCUT2D eigenvalue weighted by atomic mass is 32.1. The zero-order valence-corrected chi connectivity index (χ0v) is 12.7. The summed E-state index contributed by atoms with van der Waals surface area (Å²) in [5.74, 6) is 0.986. The van der Waals surface area contributed by atoms with E-state index in [9.17, 15) is 4.79 Å². The number of rotatable bonds is 5. The van der Waals surface area contributed by atoms with E-state index >= 15 is 0 Å². The van der Waals surface area contributed by atoms with Crippen LogP contribution in [-0.4, -0.2) is 28.9 Å². The van der Waals surface area contributed by atoms with Crippen molar-refractivity contribution < 1.29 is 4.79 Å². The number of nitrogens with zero attached hydrogens (tertiary/aromatic N) is 1. The van der Waals surface area contributed by atoms with Crippen LogP contribution in [0.15, 0.2) is 0 Å². The average Bonchev–Trinajstić information content (AvgIpc) is 2.43. The first-order chi connectivity index (χ1) is 8.33. The number of carbonyl (C=O) groups excluding carboxylic acids is 1. The van der Waals surface area contributed by atoms with Crippen LogP contribution in [0, 0.1) is 11.3 Å². The highest BCUT2D eigenvalue weighted by Gasteiger charge is 2.23. The maximum atomic E-state index is 11.9. The molecule has 1 aliphatic heterocycles. The standard InChI is InChI=1S/C14H26N2OS/c1-11-5-6-12(17)16(10-7-11)9-4-8-14(2,3)13(15)18/h11H,4-10H2,1-3H3,(H2,15,18). The molecule has 0 aliphatic carbocycles. The topological polar surface area (TPSA) is 46.3 Å². The summed E-state index contributed by atoms with van der Waals surface area (Å²) in [6.45, 7) is 8.13. The molecule has 0 aromatic heterocycles. The van der Waals surface area contributed by atoms with Gasteiger partial charge in [0.05, 0.1) is 4.99 Å². The van der Waals surface area contributed by atoms with Gasteiger partial charge in [-0.15, -0.1) is 0 Å². The molecule has 1 fully saturated rings. The normalized spacial score (nSPS) is 21.8. The molecule has 1 unspecified atom stereocenters. The largest absolute Gasteiger partial charge is 0.393 e. The fraction of sp³-hybridized carbons (Fsp3) is 0.857. The Labute approximate surface area is 116 Å². The van der Waals surface area contributed by atoms with Crippen LogP contribution in [0.4, 0.5) is 0 Å². The van der Waals surface area contributed by atoms with Gasteiger partial charge in [-0.25, -0.2) is 0 Å². The molecule has 1 aliphatic rings. The Morgan fingerprint density at radius 2 is 2.17 bits per heavy atom. The molecule has 1 saturated heterocycles. The van der Waals surface area contributed by atoms with Crippen LogP contribution in [0.2, 0.25) is 0 Å². The van der Waals surface area contributed by atoms with Crippen LogP contribution < -0.4 is 5.73 Å². The first-order valence-electron chi connectivity index (χ1n) is 6.90. The second-order valence-corrected chi connectivity index (χ2v) is 6.60. The zero-order valence-electron chi connectivity index (χ0n) is 11.9. The van der Waals surface area contributed by atoms with Gasteiger partial charge in [0.15, 0.2) is 0 Å². The van der Waals surface area contributed by atoms with Crippen LogP contribution in [0.1, 0.15) is 52.9 Å². The Morgan fingerprint density at radius 1 is 1.50 bits per heavy atom. The number of carbonyl (C=O) groups is 1. The van der Waals surface area contributed by atoms with Gasteiger partial charge < -0.3 is 10.6 Å². The molecule has 2 N–H and O–H groups in total. The molecule has 1 heterocycles. The van der Waals surface area contributed by atoms with Crippen LogP contribution >= 0.6 is 12.2 Å². The number of amides is 1. The lowest BCUT2D eigenvalue weighted by Gasteiger charge is -2.26. The molecule has 1 atom stereocenters. The molecule has 0 radical (unpaired) electrons. The number of hydrogen-bond acceptors (Lipinski definition) is 2. The lowest BCUT2D eigenvalue weighted by atomic mass is 9.88. The van der Waals surface area contributed by atoms with E-state index in [0.29, 0.717) is 23.2 Å². The maximum Gasteiger partial charge on any atom is 0.222 e. The van der Waals surface area contributed by atoms with Crippen molar-refractivity contribution in [3.8, 4) is 0 Å². The molecule has 104 valence electrons. The van der Waals surface area contributed by atoms with E-state index < -0.39 is 0 Å². The molecule has 1 rings (SSSR count). The second kappa shape index (κ2) is 6.50. The molecule has 1 amide bonds. The van der Waals surface area contributed by atoms with Crippen molar-refractivity contribution >= 4 is 23.1 Å². The summed E-state index contributed by atoms with van der Waals surface area (Å²) in [5.41, 5.74) is 5.61. The van der Waals surface area contributed by atoms with Crippen molar-refractivity contribution in [1.29, 1.82) is 0 Å². The van der Waals surface area contributed by atoms with Gasteiger partial charge in [0, 0.05) is 24.9 Å². The van der Waals surface area contributed by atoms with Crippen molar-refractivity contribution in [2.75, 3.05) is 13.1 Å². The second-order valence-electron chi connectivity index (χ2n) is 6.16. The van der Waals surface area contributed by atoms with E-state index in [2.05, 4.69) is 20.8 Å². The summed E-state index contributed by atoms with van der Waals surface area (Å²) in [6.07, 6.45) is 4.80. The Hall–Kier alpha value is -0.640. The van der Waals surface area contributed by atoms with Gasteiger partial charge in [0.1, 0.15) is 0 Å². The minimum atomic E-state index is -0.0997. The average molecular weight is 270 g/mol. The van der Waals surface area contributed by atoms with Crippen LogP contribution in [-0.2, 0) is 4.79 Å². The van der Waals surface area contributed by atoms with Gasteiger partial charge in [0.25, 0.3) is 0 Å². The summed E-state index contributed by atoms with van der Waals surface area (Å²) >= 11 is 5.06. The van der Waals surface area contributed by atoms with Crippen LogP contribution in [0.25, 0.3) is 0 Å². The summed E-state index contributed by atoms with van der Waals surface area (Å²) in [6, 6.07) is 0. The Morgan fingerprint density at radius 3 is 2.78 bits per heavy atom. The molecule has 0 saturated carbocycles. The molecule has 18 heavy (non-hydrogen) atoms. The number of nitrogens with two attached hydrogens (primary N) is 1. The van der Waals surface area contributed by atoms with Crippen molar-refractivity contribution in [2.24, 2.45) is 17.1 Å². The first-order valence-corrected chi connectivity index (χ1v) is 7.31. The van der Waals surface area contributed by atoms with E-state index in [-0.39, 0.29) is 5.41 Å². The molecule has 0 bridgehead atoms. The maximum absolute atomic E-state index is 11.9. The number of thiocarbonyl (C=S) groups is 1. The Balaban J connectivity index is 2.38. The van der Waals surface area contributed by atoms with Crippen LogP contribution in [0.3, 0.4) is 0 Å².